The number of benzene rings is 3. The van der Waals surface area contributed by atoms with Gasteiger partial charge in [0.15, 0.2) is 23.6 Å². The van der Waals surface area contributed by atoms with Gasteiger partial charge >= 0.3 is 0 Å². The SMILES string of the molecule is CCn1c(CN)[n+](CC)c2cc(OCCCN(C[C@H](O)[C@@H](O)[C@@H]3OC(c4ccccc4)OC[C@H]3O)C[C@H](O)[C@@H](O)[C@@H]3OC(c4ccccc4)OC[C@H]3O)ccc21. The fourth-order valence-electron chi connectivity index (χ4n) is 7.60. The van der Waals surface area contributed by atoms with Crippen LogP contribution in [-0.2, 0) is 38.6 Å². The van der Waals surface area contributed by atoms with Gasteiger partial charge in [-0.05, 0) is 32.4 Å². The number of hydrogen-bond acceptors (Lipinski definition) is 13. The number of aromatic nitrogens is 2. The Balaban J connectivity index is 1.13. The monoisotopic (exact) mass is 781 g/mol. The first-order valence-electron chi connectivity index (χ1n) is 19.5. The van der Waals surface area contributed by atoms with Gasteiger partial charge in [0.1, 0.15) is 42.4 Å². The Hall–Kier alpha value is -3.55. The molecule has 6 rings (SSSR count). The Kier molecular flexibility index (Phi) is 14.8. The van der Waals surface area contributed by atoms with Gasteiger partial charge in [0.2, 0.25) is 0 Å². The van der Waals surface area contributed by atoms with Crippen molar-refractivity contribution in [2.45, 2.75) is 101 Å². The van der Waals surface area contributed by atoms with Crippen LogP contribution in [0.15, 0.2) is 78.9 Å². The predicted molar refractivity (Wildman–Crippen MR) is 204 cm³/mol. The molecule has 10 atom stereocenters. The van der Waals surface area contributed by atoms with Gasteiger partial charge < -0.3 is 60.1 Å². The van der Waals surface area contributed by atoms with Crippen molar-refractivity contribution in [3.8, 4) is 5.75 Å². The van der Waals surface area contributed by atoms with Crippen molar-refractivity contribution in [2.75, 3.05) is 39.5 Å². The van der Waals surface area contributed by atoms with Gasteiger partial charge in [0.05, 0.1) is 51.7 Å². The number of nitrogens with zero attached hydrogens (tertiary/aromatic N) is 3. The molecule has 0 aliphatic carbocycles. The number of imidazole rings is 1. The first-order valence-corrected chi connectivity index (χ1v) is 19.5. The molecule has 2 aliphatic heterocycles. The van der Waals surface area contributed by atoms with Crippen molar-refractivity contribution in [3.05, 3.63) is 95.8 Å². The third-order valence-corrected chi connectivity index (χ3v) is 10.5. The summed E-state index contributed by atoms with van der Waals surface area (Å²) in [6, 6.07) is 24.1. The molecule has 0 saturated carbocycles. The summed E-state index contributed by atoms with van der Waals surface area (Å²) < 4.78 is 33.7. The summed E-state index contributed by atoms with van der Waals surface area (Å²) in [7, 11) is 0. The summed E-state index contributed by atoms with van der Waals surface area (Å²) in [6.45, 7) is 6.12. The summed E-state index contributed by atoms with van der Waals surface area (Å²) >= 11 is 0. The maximum absolute atomic E-state index is 11.4. The minimum atomic E-state index is -1.53. The third-order valence-electron chi connectivity index (χ3n) is 10.5. The zero-order chi connectivity index (χ0) is 39.8. The lowest BCUT2D eigenvalue weighted by atomic mass is 9.99. The Morgan fingerprint density at radius 2 is 1.34 bits per heavy atom. The molecule has 3 heterocycles. The summed E-state index contributed by atoms with van der Waals surface area (Å²) in [5.74, 6) is 1.70. The van der Waals surface area contributed by atoms with Gasteiger partial charge in [-0.1, -0.05) is 60.7 Å². The molecule has 15 heteroatoms. The first kappa shape index (κ1) is 42.1. The van der Waals surface area contributed by atoms with E-state index < -0.39 is 61.4 Å². The molecule has 2 unspecified atom stereocenters. The summed E-state index contributed by atoms with van der Waals surface area (Å²) in [6.07, 6.45) is -12.0. The lowest BCUT2D eigenvalue weighted by Gasteiger charge is -2.40. The number of rotatable bonds is 18. The average Bonchev–Trinajstić information content (AvgIpc) is 3.54. The van der Waals surface area contributed by atoms with Gasteiger partial charge in [0.25, 0.3) is 5.82 Å². The van der Waals surface area contributed by atoms with Gasteiger partial charge in [-0.3, -0.25) is 4.90 Å². The Labute approximate surface area is 327 Å². The Morgan fingerprint density at radius 1 is 0.804 bits per heavy atom. The van der Waals surface area contributed by atoms with Gasteiger partial charge in [-0.2, -0.15) is 0 Å². The standard InChI is InChI=1S/C41H57N4O11/c1-3-44-29-17-16-28(20-30(29)45(4-2)35(44)21-42)52-19-11-18-43(22-31(46)36(50)38-33(48)24-53-40(55-38)26-12-7-5-8-13-26)23-32(47)37(51)39-34(49)25-54-41(56-39)27-14-9-6-10-15-27/h5-10,12-17,20,31-34,36-41,46-51H,3-4,11,18-19,21-25,42H2,1-2H3/q+1/t31-,32-,33+,34+,36+,37+,38+,39+,40?,41?/m0/s1. The maximum Gasteiger partial charge on any atom is 0.271 e. The van der Waals surface area contributed by atoms with Crippen LogP contribution in [0, 0.1) is 0 Å². The van der Waals surface area contributed by atoms with E-state index in [2.05, 4.69) is 23.0 Å². The van der Waals surface area contributed by atoms with E-state index in [1.54, 1.807) is 29.2 Å². The highest BCUT2D eigenvalue weighted by Crippen LogP contribution is 2.31. The minimum absolute atomic E-state index is 0.113. The van der Waals surface area contributed by atoms with Gasteiger partial charge in [-0.15, -0.1) is 0 Å². The van der Waals surface area contributed by atoms with Crippen LogP contribution in [0.1, 0.15) is 49.8 Å². The highest BCUT2D eigenvalue weighted by atomic mass is 16.7. The normalized spacial score (nSPS) is 25.2. The minimum Gasteiger partial charge on any atom is -0.493 e. The molecule has 2 fully saturated rings. The van der Waals surface area contributed by atoms with Crippen molar-refractivity contribution in [3.63, 3.8) is 0 Å². The molecule has 56 heavy (non-hydrogen) atoms. The number of aliphatic hydroxyl groups excluding tert-OH is 6. The molecule has 15 nitrogen and oxygen atoms in total. The topological polar surface area (TPSA) is 206 Å². The van der Waals surface area contributed by atoms with Crippen LogP contribution < -0.4 is 15.0 Å². The number of fused-ring (bicyclic) bond motifs is 1. The van der Waals surface area contributed by atoms with E-state index in [0.717, 1.165) is 29.9 Å². The fourth-order valence-corrected chi connectivity index (χ4v) is 7.60. The molecule has 0 spiro atoms. The maximum atomic E-state index is 11.4. The van der Waals surface area contributed by atoms with Gasteiger partial charge in [0, 0.05) is 36.8 Å². The van der Waals surface area contributed by atoms with Crippen molar-refractivity contribution in [1.82, 2.24) is 9.47 Å². The van der Waals surface area contributed by atoms with E-state index in [1.165, 1.54) is 0 Å². The van der Waals surface area contributed by atoms with E-state index >= 15 is 0 Å². The zero-order valence-corrected chi connectivity index (χ0v) is 32.0. The lowest BCUT2D eigenvalue weighted by Crippen LogP contribution is -2.56. The molecule has 0 bridgehead atoms. The highest BCUT2D eigenvalue weighted by molar-refractivity contribution is 5.74. The van der Waals surface area contributed by atoms with E-state index in [-0.39, 0.29) is 39.5 Å². The van der Waals surface area contributed by atoms with Crippen LogP contribution in [0.3, 0.4) is 0 Å². The lowest BCUT2D eigenvalue weighted by molar-refractivity contribution is -0.676. The molecule has 1 aromatic heterocycles. The Bertz CT molecular complexity index is 1720. The molecule has 4 aromatic rings. The first-order chi connectivity index (χ1) is 27.1. The summed E-state index contributed by atoms with van der Waals surface area (Å²) in [4.78, 5) is 1.69. The van der Waals surface area contributed by atoms with Crippen molar-refractivity contribution in [1.29, 1.82) is 0 Å². The molecule has 3 aromatic carbocycles. The average molecular weight is 782 g/mol. The number of nitrogens with two attached hydrogens (primary N) is 1. The predicted octanol–water partition coefficient (Wildman–Crippen LogP) is 0.892. The van der Waals surface area contributed by atoms with Crippen LogP contribution in [-0.4, -0.2) is 128 Å². The summed E-state index contributed by atoms with van der Waals surface area (Å²) in [5, 5.41) is 66.8. The molecule has 8 N–H and O–H groups in total. The number of aryl methyl sites for hydroxylation is 2. The quantitative estimate of drug-likeness (QED) is 0.0555. The second kappa shape index (κ2) is 19.7. The molecule has 0 amide bonds. The Morgan fingerprint density at radius 3 is 1.82 bits per heavy atom. The largest absolute Gasteiger partial charge is 0.493 e. The van der Waals surface area contributed by atoms with Crippen LogP contribution in [0.5, 0.6) is 5.75 Å². The highest BCUT2D eigenvalue weighted by Gasteiger charge is 2.42. The molecule has 306 valence electrons. The summed E-state index contributed by atoms with van der Waals surface area (Å²) in [5.41, 5.74) is 9.58. The van der Waals surface area contributed by atoms with Crippen LogP contribution in [0.2, 0.25) is 0 Å². The molecular formula is C41H57N4O11+. The van der Waals surface area contributed by atoms with Crippen LogP contribution >= 0.6 is 0 Å². The second-order valence-corrected chi connectivity index (χ2v) is 14.3. The molecule has 2 saturated heterocycles. The van der Waals surface area contributed by atoms with E-state index in [4.69, 9.17) is 29.4 Å². The van der Waals surface area contributed by atoms with Crippen molar-refractivity contribution in [2.24, 2.45) is 5.73 Å². The molecular weight excluding hydrogens is 724 g/mol. The smallest absolute Gasteiger partial charge is 0.271 e. The molecule has 0 radical (unpaired) electrons. The van der Waals surface area contributed by atoms with E-state index in [1.807, 2.05) is 54.6 Å². The number of ether oxygens (including phenoxy) is 5. The second-order valence-electron chi connectivity index (χ2n) is 14.3. The van der Waals surface area contributed by atoms with E-state index in [0.29, 0.717) is 29.8 Å². The van der Waals surface area contributed by atoms with Crippen LogP contribution in [0.4, 0.5) is 0 Å². The number of hydrogen-bond donors (Lipinski definition) is 7. The number of aliphatic hydroxyl groups is 6. The third kappa shape index (κ3) is 9.76. The van der Waals surface area contributed by atoms with E-state index in [9.17, 15) is 30.6 Å². The fraction of sp³-hybridized carbons (Fsp3) is 0.537. The van der Waals surface area contributed by atoms with Crippen LogP contribution in [0.25, 0.3) is 11.0 Å². The zero-order valence-electron chi connectivity index (χ0n) is 32.0. The van der Waals surface area contributed by atoms with Crippen molar-refractivity contribution < 1.29 is 58.9 Å². The van der Waals surface area contributed by atoms with Crippen molar-refractivity contribution >= 4 is 11.0 Å². The molecule has 2 aliphatic rings. The van der Waals surface area contributed by atoms with Gasteiger partial charge in [-0.25, -0.2) is 9.13 Å².